The van der Waals surface area contributed by atoms with Gasteiger partial charge in [-0.25, -0.2) is 0 Å². The van der Waals surface area contributed by atoms with Crippen LogP contribution in [0, 0.1) is 17.8 Å². The molecule has 0 aromatic heterocycles. The fraction of sp³-hybridized carbons (Fsp3) is 0.875. The summed E-state index contributed by atoms with van der Waals surface area (Å²) in [5, 5.41) is 0. The van der Waals surface area contributed by atoms with E-state index in [1.165, 1.54) is 51.4 Å². The zero-order valence-electron chi connectivity index (χ0n) is 11.2. The summed E-state index contributed by atoms with van der Waals surface area (Å²) in [5.41, 5.74) is 1.78. The van der Waals surface area contributed by atoms with E-state index in [-0.39, 0.29) is 0 Å². The van der Waals surface area contributed by atoms with E-state index in [2.05, 4.69) is 13.0 Å². The third kappa shape index (κ3) is 2.93. The van der Waals surface area contributed by atoms with Crippen molar-refractivity contribution in [1.29, 1.82) is 0 Å². The largest absolute Gasteiger partial charge is 0.373 e. The van der Waals surface area contributed by atoms with Crippen LogP contribution in [-0.2, 0) is 4.74 Å². The van der Waals surface area contributed by atoms with Crippen LogP contribution in [-0.4, -0.2) is 12.7 Å². The maximum absolute atomic E-state index is 5.23. The quantitative estimate of drug-likeness (QED) is 0.363. The van der Waals surface area contributed by atoms with Crippen LogP contribution >= 0.6 is 0 Å². The highest BCUT2D eigenvalue weighted by atomic mass is 16.6. The van der Waals surface area contributed by atoms with Gasteiger partial charge in [-0.1, -0.05) is 44.3 Å². The van der Waals surface area contributed by atoms with Crippen molar-refractivity contribution in [2.24, 2.45) is 17.8 Å². The van der Waals surface area contributed by atoms with Gasteiger partial charge in [0.05, 0.1) is 12.7 Å². The van der Waals surface area contributed by atoms with Crippen molar-refractivity contribution in [3.63, 3.8) is 0 Å². The molecule has 0 saturated carbocycles. The van der Waals surface area contributed by atoms with E-state index in [0.717, 1.165) is 24.4 Å². The minimum absolute atomic E-state index is 0.646. The summed E-state index contributed by atoms with van der Waals surface area (Å²) < 4.78 is 5.23. The first-order chi connectivity index (χ1) is 8.33. The van der Waals surface area contributed by atoms with Gasteiger partial charge in [0.2, 0.25) is 0 Å². The Kier molecular flexibility index (Phi) is 3.56. The molecule has 1 fully saturated rings. The average molecular weight is 234 g/mol. The molecule has 1 heteroatoms. The highest BCUT2D eigenvalue weighted by Gasteiger charge is 2.36. The number of ether oxygens (including phenoxy) is 1. The molecule has 96 valence electrons. The van der Waals surface area contributed by atoms with Gasteiger partial charge in [0.25, 0.3) is 0 Å². The Labute approximate surface area is 106 Å². The maximum atomic E-state index is 5.23. The van der Waals surface area contributed by atoms with Crippen LogP contribution in [0.3, 0.4) is 0 Å². The molecule has 3 aliphatic rings. The van der Waals surface area contributed by atoms with Crippen molar-refractivity contribution < 1.29 is 4.74 Å². The number of fused-ring (bicyclic) bond motifs is 1. The number of rotatable bonds is 7. The fourth-order valence-corrected chi connectivity index (χ4v) is 3.80. The second-order valence-corrected chi connectivity index (χ2v) is 6.45. The lowest BCUT2D eigenvalue weighted by Gasteiger charge is -2.25. The summed E-state index contributed by atoms with van der Waals surface area (Å²) in [6, 6.07) is 0. The minimum Gasteiger partial charge on any atom is -0.373 e. The molecule has 0 N–H and O–H groups in total. The summed E-state index contributed by atoms with van der Waals surface area (Å²) >= 11 is 0. The van der Waals surface area contributed by atoms with Crippen LogP contribution in [0.1, 0.15) is 58.3 Å². The van der Waals surface area contributed by atoms with Gasteiger partial charge in [-0.2, -0.15) is 0 Å². The van der Waals surface area contributed by atoms with E-state index in [1.54, 1.807) is 5.57 Å². The molecule has 4 unspecified atom stereocenters. The van der Waals surface area contributed by atoms with Gasteiger partial charge in [0.15, 0.2) is 0 Å². The molecule has 1 saturated heterocycles. The van der Waals surface area contributed by atoms with Crippen LogP contribution in [0.5, 0.6) is 0 Å². The Morgan fingerprint density at radius 3 is 2.53 bits per heavy atom. The van der Waals surface area contributed by atoms with Crippen LogP contribution in [0.2, 0.25) is 0 Å². The Hall–Kier alpha value is -0.300. The molecule has 1 aliphatic heterocycles. The summed E-state index contributed by atoms with van der Waals surface area (Å²) in [5.74, 6) is 2.89. The molecule has 1 heterocycles. The van der Waals surface area contributed by atoms with E-state index in [1.807, 2.05) is 0 Å². The number of unbranched alkanes of at least 4 members (excludes halogenated alkanes) is 3. The Balaban J connectivity index is 1.23. The van der Waals surface area contributed by atoms with Crippen molar-refractivity contribution in [3.05, 3.63) is 11.6 Å². The van der Waals surface area contributed by atoms with Gasteiger partial charge in [0.1, 0.15) is 0 Å². The molecule has 1 nitrogen and oxygen atoms in total. The van der Waals surface area contributed by atoms with Crippen LogP contribution in [0.15, 0.2) is 11.6 Å². The van der Waals surface area contributed by atoms with Crippen molar-refractivity contribution in [2.45, 2.75) is 64.4 Å². The highest BCUT2D eigenvalue weighted by molar-refractivity contribution is 5.22. The molecular formula is C16H26O. The van der Waals surface area contributed by atoms with E-state index in [0.29, 0.717) is 6.10 Å². The molecule has 17 heavy (non-hydrogen) atoms. The number of hydrogen-bond donors (Lipinski definition) is 0. The molecule has 3 rings (SSSR count). The normalized spacial score (nSPS) is 38.5. The monoisotopic (exact) mass is 234 g/mol. The predicted molar refractivity (Wildman–Crippen MR) is 70.9 cm³/mol. The molecule has 0 amide bonds. The predicted octanol–water partition coefficient (Wildman–Crippen LogP) is 4.33. The zero-order chi connectivity index (χ0) is 11.7. The molecule has 0 spiro atoms. The standard InChI is InChI=1S/C16H26O/c1-12-8-15-10-14(12)9-13(15)6-4-2-3-5-7-16-11-17-16/h10,12-13,15-16H,2-9,11H2,1H3. The third-order valence-electron chi connectivity index (χ3n) is 5.04. The number of hydrogen-bond acceptors (Lipinski definition) is 1. The lowest BCUT2D eigenvalue weighted by molar-refractivity contribution is 0.305. The lowest BCUT2D eigenvalue weighted by Crippen LogP contribution is -2.15. The Bertz CT molecular complexity index is 290. The summed E-state index contributed by atoms with van der Waals surface area (Å²) in [4.78, 5) is 0. The van der Waals surface area contributed by atoms with Crippen LogP contribution in [0.4, 0.5) is 0 Å². The summed E-state index contributed by atoms with van der Waals surface area (Å²) in [6.45, 7) is 3.44. The highest BCUT2D eigenvalue weighted by Crippen LogP contribution is 2.48. The second kappa shape index (κ2) is 5.14. The van der Waals surface area contributed by atoms with E-state index in [9.17, 15) is 0 Å². The van der Waals surface area contributed by atoms with Gasteiger partial charge in [-0.15, -0.1) is 0 Å². The molecular weight excluding hydrogens is 208 g/mol. The molecule has 0 aromatic rings. The smallest absolute Gasteiger partial charge is 0.0810 e. The zero-order valence-corrected chi connectivity index (χ0v) is 11.2. The molecule has 4 atom stereocenters. The van der Waals surface area contributed by atoms with Gasteiger partial charge in [-0.05, 0) is 43.4 Å². The molecule has 0 radical (unpaired) electrons. The second-order valence-electron chi connectivity index (χ2n) is 6.45. The van der Waals surface area contributed by atoms with Gasteiger partial charge in [-0.3, -0.25) is 0 Å². The van der Waals surface area contributed by atoms with E-state index >= 15 is 0 Å². The molecule has 0 aromatic carbocycles. The summed E-state index contributed by atoms with van der Waals surface area (Å²) in [6.07, 6.45) is 14.6. The van der Waals surface area contributed by atoms with Crippen LogP contribution in [0.25, 0.3) is 0 Å². The fourth-order valence-electron chi connectivity index (χ4n) is 3.80. The van der Waals surface area contributed by atoms with Crippen molar-refractivity contribution in [2.75, 3.05) is 6.61 Å². The summed E-state index contributed by atoms with van der Waals surface area (Å²) in [7, 11) is 0. The van der Waals surface area contributed by atoms with Crippen molar-refractivity contribution in [3.8, 4) is 0 Å². The van der Waals surface area contributed by atoms with Gasteiger partial charge >= 0.3 is 0 Å². The Morgan fingerprint density at radius 1 is 1.18 bits per heavy atom. The van der Waals surface area contributed by atoms with Crippen molar-refractivity contribution >= 4 is 0 Å². The van der Waals surface area contributed by atoms with Crippen LogP contribution < -0.4 is 0 Å². The topological polar surface area (TPSA) is 12.5 Å². The molecule has 2 aliphatic carbocycles. The minimum atomic E-state index is 0.646. The molecule has 2 bridgehead atoms. The van der Waals surface area contributed by atoms with Crippen molar-refractivity contribution in [1.82, 2.24) is 0 Å². The van der Waals surface area contributed by atoms with E-state index in [4.69, 9.17) is 4.74 Å². The average Bonchev–Trinajstić information content (AvgIpc) is 2.96. The number of allylic oxidation sites excluding steroid dienone is 2. The first-order valence-electron chi connectivity index (χ1n) is 7.65. The SMILES string of the molecule is CC1CC2C=C1CC2CCCCCCC1CO1. The Morgan fingerprint density at radius 2 is 1.94 bits per heavy atom. The van der Waals surface area contributed by atoms with Gasteiger partial charge < -0.3 is 4.74 Å². The lowest BCUT2D eigenvalue weighted by atomic mass is 9.79. The van der Waals surface area contributed by atoms with Gasteiger partial charge in [0, 0.05) is 0 Å². The first-order valence-corrected chi connectivity index (χ1v) is 7.65. The first kappa shape index (κ1) is 11.8. The van der Waals surface area contributed by atoms with E-state index < -0.39 is 0 Å². The number of epoxide rings is 1. The third-order valence-corrected chi connectivity index (χ3v) is 5.04. The maximum Gasteiger partial charge on any atom is 0.0810 e.